The van der Waals surface area contributed by atoms with Crippen LogP contribution in [0.15, 0.2) is 18.2 Å². The van der Waals surface area contributed by atoms with Crippen molar-refractivity contribution < 1.29 is 14.6 Å². The molecular weight excluding hydrogens is 204 g/mol. The van der Waals surface area contributed by atoms with E-state index >= 15 is 0 Å². The van der Waals surface area contributed by atoms with Crippen LogP contribution in [0.5, 0.6) is 11.5 Å². The van der Waals surface area contributed by atoms with Gasteiger partial charge in [0.1, 0.15) is 11.5 Å². The Morgan fingerprint density at radius 2 is 2.06 bits per heavy atom. The van der Waals surface area contributed by atoms with Crippen LogP contribution in [-0.2, 0) is 11.2 Å². The van der Waals surface area contributed by atoms with Gasteiger partial charge in [0.15, 0.2) is 0 Å². The molecule has 0 fully saturated rings. The summed E-state index contributed by atoms with van der Waals surface area (Å²) in [5, 5.41) is 9.47. The highest BCUT2D eigenvalue weighted by atomic mass is 16.5. The fraction of sp³-hybridized carbons (Fsp3) is 0.462. The Bertz CT molecular complexity index is 358. The molecule has 0 spiro atoms. The zero-order chi connectivity index (χ0) is 12.0. The van der Waals surface area contributed by atoms with Crippen molar-refractivity contribution in [1.82, 2.24) is 0 Å². The van der Waals surface area contributed by atoms with E-state index in [1.165, 1.54) is 19.4 Å². The predicted molar refractivity (Wildman–Crippen MR) is 62.6 cm³/mol. The van der Waals surface area contributed by atoms with Gasteiger partial charge >= 0.3 is 5.97 Å². The van der Waals surface area contributed by atoms with Crippen molar-refractivity contribution in [2.24, 2.45) is 0 Å². The number of carbonyl (C=O) groups is 1. The van der Waals surface area contributed by atoms with Crippen molar-refractivity contribution >= 4 is 5.97 Å². The number of aryl methyl sites for hydroxylation is 1. The molecule has 1 N–H and O–H groups in total. The van der Waals surface area contributed by atoms with Gasteiger partial charge in [0.25, 0.3) is 0 Å². The standard InChI is InChI=1S/C13H18O3/c1-3-4-5-6-11-7-12(15)9-13(8-11)16-10(2)14/h7-9,15H,3-6H2,1-2H3. The normalized spacial score (nSPS) is 10.1. The lowest BCUT2D eigenvalue weighted by Gasteiger charge is -2.06. The first-order valence-electron chi connectivity index (χ1n) is 5.63. The molecule has 88 valence electrons. The lowest BCUT2D eigenvalue weighted by atomic mass is 10.1. The van der Waals surface area contributed by atoms with Gasteiger partial charge in [0, 0.05) is 13.0 Å². The maximum absolute atomic E-state index is 10.8. The summed E-state index contributed by atoms with van der Waals surface area (Å²) in [5.41, 5.74) is 1.00. The first-order valence-corrected chi connectivity index (χ1v) is 5.63. The molecule has 0 heterocycles. The number of hydrogen-bond acceptors (Lipinski definition) is 3. The molecule has 0 atom stereocenters. The van der Waals surface area contributed by atoms with Crippen molar-refractivity contribution in [3.63, 3.8) is 0 Å². The average molecular weight is 222 g/mol. The third-order valence-corrected chi connectivity index (χ3v) is 2.28. The Morgan fingerprint density at radius 3 is 2.69 bits per heavy atom. The van der Waals surface area contributed by atoms with E-state index in [1.807, 2.05) is 0 Å². The van der Waals surface area contributed by atoms with Gasteiger partial charge < -0.3 is 9.84 Å². The molecule has 3 nitrogen and oxygen atoms in total. The lowest BCUT2D eigenvalue weighted by Crippen LogP contribution is -2.01. The second-order valence-electron chi connectivity index (χ2n) is 3.89. The summed E-state index contributed by atoms with van der Waals surface area (Å²) in [6.45, 7) is 3.49. The first kappa shape index (κ1) is 12.6. The van der Waals surface area contributed by atoms with Crippen LogP contribution in [0, 0.1) is 0 Å². The van der Waals surface area contributed by atoms with E-state index < -0.39 is 0 Å². The molecule has 1 aromatic rings. The molecule has 0 aromatic heterocycles. The molecule has 1 aromatic carbocycles. The minimum atomic E-state index is -0.370. The number of unbranched alkanes of at least 4 members (excludes halogenated alkanes) is 2. The van der Waals surface area contributed by atoms with E-state index in [0.717, 1.165) is 24.8 Å². The quantitative estimate of drug-likeness (QED) is 0.473. The fourth-order valence-corrected chi connectivity index (χ4v) is 1.59. The highest BCUT2D eigenvalue weighted by Crippen LogP contribution is 2.23. The second kappa shape index (κ2) is 6.16. The van der Waals surface area contributed by atoms with Crippen LogP contribution >= 0.6 is 0 Å². The molecular formula is C13H18O3. The molecule has 3 heteroatoms. The molecule has 0 aliphatic rings. The SMILES string of the molecule is CCCCCc1cc(O)cc(OC(C)=O)c1. The van der Waals surface area contributed by atoms with Crippen LogP contribution in [0.2, 0.25) is 0 Å². The van der Waals surface area contributed by atoms with Crippen molar-refractivity contribution in [1.29, 1.82) is 0 Å². The van der Waals surface area contributed by atoms with Crippen molar-refractivity contribution in [2.75, 3.05) is 0 Å². The van der Waals surface area contributed by atoms with Crippen LogP contribution in [0.25, 0.3) is 0 Å². The van der Waals surface area contributed by atoms with Crippen molar-refractivity contribution in [2.45, 2.75) is 39.5 Å². The van der Waals surface area contributed by atoms with Crippen molar-refractivity contribution in [3.8, 4) is 11.5 Å². The number of phenols is 1. The maximum atomic E-state index is 10.8. The summed E-state index contributed by atoms with van der Waals surface area (Å²) < 4.78 is 4.94. The molecule has 16 heavy (non-hydrogen) atoms. The number of esters is 1. The summed E-state index contributed by atoms with van der Waals surface area (Å²) in [6.07, 6.45) is 4.31. The molecule has 0 aliphatic heterocycles. The Balaban J connectivity index is 2.69. The van der Waals surface area contributed by atoms with E-state index in [4.69, 9.17) is 4.74 Å². The number of ether oxygens (including phenoxy) is 1. The Kier molecular flexibility index (Phi) is 4.83. The Morgan fingerprint density at radius 1 is 1.31 bits per heavy atom. The number of aromatic hydroxyl groups is 1. The van der Waals surface area contributed by atoms with Gasteiger partial charge in [-0.2, -0.15) is 0 Å². The topological polar surface area (TPSA) is 46.5 Å². The van der Waals surface area contributed by atoms with Gasteiger partial charge in [-0.05, 0) is 30.5 Å². The van der Waals surface area contributed by atoms with E-state index in [2.05, 4.69) is 6.92 Å². The highest BCUT2D eigenvalue weighted by molar-refractivity contribution is 5.69. The molecule has 0 aliphatic carbocycles. The average Bonchev–Trinajstić information content (AvgIpc) is 2.16. The smallest absolute Gasteiger partial charge is 0.308 e. The Labute approximate surface area is 96.1 Å². The largest absolute Gasteiger partial charge is 0.508 e. The number of phenolic OH excluding ortho intramolecular Hbond substituents is 1. The van der Waals surface area contributed by atoms with E-state index in [1.54, 1.807) is 12.1 Å². The van der Waals surface area contributed by atoms with E-state index in [9.17, 15) is 9.90 Å². The number of rotatable bonds is 5. The Hall–Kier alpha value is -1.51. The zero-order valence-corrected chi connectivity index (χ0v) is 9.82. The van der Waals surface area contributed by atoms with Crippen LogP contribution in [0.1, 0.15) is 38.7 Å². The zero-order valence-electron chi connectivity index (χ0n) is 9.82. The monoisotopic (exact) mass is 222 g/mol. The molecule has 0 amide bonds. The number of benzene rings is 1. The van der Waals surface area contributed by atoms with Gasteiger partial charge in [0.05, 0.1) is 0 Å². The summed E-state index contributed by atoms with van der Waals surface area (Å²) in [7, 11) is 0. The van der Waals surface area contributed by atoms with E-state index in [0.29, 0.717) is 5.75 Å². The van der Waals surface area contributed by atoms with Crippen LogP contribution in [-0.4, -0.2) is 11.1 Å². The molecule has 0 radical (unpaired) electrons. The fourth-order valence-electron chi connectivity index (χ4n) is 1.59. The summed E-state index contributed by atoms with van der Waals surface area (Å²) in [5.74, 6) is 0.189. The van der Waals surface area contributed by atoms with Crippen LogP contribution < -0.4 is 4.74 Å². The molecule has 0 unspecified atom stereocenters. The molecule has 0 saturated carbocycles. The van der Waals surface area contributed by atoms with E-state index in [-0.39, 0.29) is 11.7 Å². The maximum Gasteiger partial charge on any atom is 0.308 e. The van der Waals surface area contributed by atoms with Crippen LogP contribution in [0.4, 0.5) is 0 Å². The van der Waals surface area contributed by atoms with Gasteiger partial charge in [-0.15, -0.1) is 0 Å². The van der Waals surface area contributed by atoms with Gasteiger partial charge in [-0.25, -0.2) is 0 Å². The third-order valence-electron chi connectivity index (χ3n) is 2.28. The molecule has 0 bridgehead atoms. The molecule has 0 saturated heterocycles. The van der Waals surface area contributed by atoms with Gasteiger partial charge in [-0.3, -0.25) is 4.79 Å². The molecule has 1 rings (SSSR count). The number of hydrogen-bond donors (Lipinski definition) is 1. The van der Waals surface area contributed by atoms with Crippen LogP contribution in [0.3, 0.4) is 0 Å². The minimum absolute atomic E-state index is 0.144. The predicted octanol–water partition coefficient (Wildman–Crippen LogP) is 3.05. The number of carbonyl (C=O) groups excluding carboxylic acids is 1. The second-order valence-corrected chi connectivity index (χ2v) is 3.89. The van der Waals surface area contributed by atoms with Gasteiger partial charge in [-0.1, -0.05) is 19.8 Å². The summed E-state index contributed by atoms with van der Waals surface area (Å²) >= 11 is 0. The minimum Gasteiger partial charge on any atom is -0.508 e. The third kappa shape index (κ3) is 4.34. The van der Waals surface area contributed by atoms with Gasteiger partial charge in [0.2, 0.25) is 0 Å². The van der Waals surface area contributed by atoms with Crippen molar-refractivity contribution in [3.05, 3.63) is 23.8 Å². The summed E-state index contributed by atoms with van der Waals surface area (Å²) in [6, 6.07) is 4.96. The first-order chi connectivity index (χ1) is 7.61. The summed E-state index contributed by atoms with van der Waals surface area (Å²) in [4.78, 5) is 10.8. The highest BCUT2D eigenvalue weighted by Gasteiger charge is 2.03. The lowest BCUT2D eigenvalue weighted by molar-refractivity contribution is -0.131.